The monoisotopic (exact) mass is 254 g/mol. The van der Waals surface area contributed by atoms with Crippen LogP contribution in [0.1, 0.15) is 80.1 Å². The number of hydrogen-bond donors (Lipinski definition) is 1. The van der Waals surface area contributed by atoms with Crippen molar-refractivity contribution in [1.29, 1.82) is 0 Å². The van der Waals surface area contributed by atoms with E-state index in [2.05, 4.69) is 41.5 Å². The molecule has 108 valence electrons. The summed E-state index contributed by atoms with van der Waals surface area (Å²) in [6.07, 6.45) is 7.04. The van der Waals surface area contributed by atoms with Crippen molar-refractivity contribution < 1.29 is 5.11 Å². The van der Waals surface area contributed by atoms with Gasteiger partial charge in [-0.1, -0.05) is 48.0 Å². The lowest BCUT2D eigenvalue weighted by Gasteiger charge is -2.47. The Morgan fingerprint density at radius 3 is 2.44 bits per heavy atom. The van der Waals surface area contributed by atoms with E-state index in [1.807, 2.05) is 0 Å². The molecule has 18 heavy (non-hydrogen) atoms. The maximum absolute atomic E-state index is 9.88. The number of aliphatic hydroxyl groups is 1. The van der Waals surface area contributed by atoms with Gasteiger partial charge in [0.05, 0.1) is 6.10 Å². The van der Waals surface area contributed by atoms with Crippen molar-refractivity contribution in [2.75, 3.05) is 0 Å². The standard InChI is InChI=1S/C17H34O/c1-7-14-12-15(18)9-11-17(14,6)13(2)8-10-16(3,4)5/h13-15,18H,7-12H2,1-6H3/t13?,14-,15-,17-/m1/s1. The average molecular weight is 254 g/mol. The Balaban J connectivity index is 2.65. The number of hydrogen-bond acceptors (Lipinski definition) is 1. The van der Waals surface area contributed by atoms with Crippen LogP contribution in [0.3, 0.4) is 0 Å². The van der Waals surface area contributed by atoms with Crippen molar-refractivity contribution in [2.24, 2.45) is 22.7 Å². The molecular formula is C17H34O. The van der Waals surface area contributed by atoms with Gasteiger partial charge in [-0.05, 0) is 54.8 Å². The van der Waals surface area contributed by atoms with E-state index in [0.717, 1.165) is 18.8 Å². The Kier molecular flexibility index (Phi) is 5.29. The second-order valence-corrected chi connectivity index (χ2v) is 8.04. The molecule has 1 unspecified atom stereocenters. The highest BCUT2D eigenvalue weighted by Crippen LogP contribution is 2.49. The van der Waals surface area contributed by atoms with Gasteiger partial charge >= 0.3 is 0 Å². The molecule has 1 aliphatic rings. The lowest BCUT2D eigenvalue weighted by Crippen LogP contribution is -2.41. The van der Waals surface area contributed by atoms with Crippen LogP contribution in [-0.4, -0.2) is 11.2 Å². The highest BCUT2D eigenvalue weighted by Gasteiger charge is 2.42. The predicted octanol–water partition coefficient (Wildman–Crippen LogP) is 5.03. The van der Waals surface area contributed by atoms with Gasteiger partial charge < -0.3 is 5.11 Å². The van der Waals surface area contributed by atoms with Crippen molar-refractivity contribution in [1.82, 2.24) is 0 Å². The van der Waals surface area contributed by atoms with E-state index in [-0.39, 0.29) is 6.10 Å². The summed E-state index contributed by atoms with van der Waals surface area (Å²) in [5.74, 6) is 1.48. The summed E-state index contributed by atoms with van der Waals surface area (Å²) < 4.78 is 0. The van der Waals surface area contributed by atoms with Gasteiger partial charge in [0, 0.05) is 0 Å². The molecule has 0 aromatic rings. The van der Waals surface area contributed by atoms with E-state index < -0.39 is 0 Å². The van der Waals surface area contributed by atoms with Crippen LogP contribution in [0.25, 0.3) is 0 Å². The lowest BCUT2D eigenvalue weighted by atomic mass is 9.58. The normalized spacial score (nSPS) is 35.5. The third kappa shape index (κ3) is 3.98. The topological polar surface area (TPSA) is 20.2 Å². The average Bonchev–Trinajstić information content (AvgIpc) is 2.28. The van der Waals surface area contributed by atoms with Crippen LogP contribution in [0.4, 0.5) is 0 Å². The summed E-state index contributed by atoms with van der Waals surface area (Å²) in [5.41, 5.74) is 0.889. The van der Waals surface area contributed by atoms with Gasteiger partial charge in [0.1, 0.15) is 0 Å². The summed E-state index contributed by atoms with van der Waals surface area (Å²) in [4.78, 5) is 0. The zero-order chi connectivity index (χ0) is 14.0. The second-order valence-electron chi connectivity index (χ2n) is 8.04. The van der Waals surface area contributed by atoms with Crippen molar-refractivity contribution in [3.63, 3.8) is 0 Å². The van der Waals surface area contributed by atoms with E-state index in [0.29, 0.717) is 16.7 Å². The fourth-order valence-electron chi connectivity index (χ4n) is 3.66. The third-order valence-electron chi connectivity index (χ3n) is 5.45. The maximum atomic E-state index is 9.88. The largest absolute Gasteiger partial charge is 0.393 e. The molecule has 1 fully saturated rings. The van der Waals surface area contributed by atoms with Crippen molar-refractivity contribution in [3.8, 4) is 0 Å². The van der Waals surface area contributed by atoms with E-state index in [4.69, 9.17) is 0 Å². The summed E-state index contributed by atoms with van der Waals surface area (Å²) >= 11 is 0. The summed E-state index contributed by atoms with van der Waals surface area (Å²) in [5, 5.41) is 9.88. The van der Waals surface area contributed by atoms with Crippen LogP contribution < -0.4 is 0 Å². The zero-order valence-corrected chi connectivity index (χ0v) is 13.4. The summed E-state index contributed by atoms with van der Waals surface area (Å²) in [6, 6.07) is 0. The molecule has 1 N–H and O–H groups in total. The van der Waals surface area contributed by atoms with Gasteiger partial charge in [-0.15, -0.1) is 0 Å². The first-order valence-electron chi connectivity index (χ1n) is 7.87. The van der Waals surface area contributed by atoms with Crippen LogP contribution in [0.15, 0.2) is 0 Å². The molecule has 1 rings (SSSR count). The Morgan fingerprint density at radius 2 is 1.94 bits per heavy atom. The second kappa shape index (κ2) is 5.94. The molecule has 0 aromatic carbocycles. The summed E-state index contributed by atoms with van der Waals surface area (Å²) in [7, 11) is 0. The molecule has 1 nitrogen and oxygen atoms in total. The molecule has 0 aliphatic heterocycles. The molecule has 0 amide bonds. The van der Waals surface area contributed by atoms with Gasteiger partial charge in [-0.3, -0.25) is 0 Å². The summed E-state index contributed by atoms with van der Waals surface area (Å²) in [6.45, 7) is 14.2. The molecule has 0 spiro atoms. The molecule has 1 heteroatoms. The van der Waals surface area contributed by atoms with Crippen LogP contribution in [0.2, 0.25) is 0 Å². The van der Waals surface area contributed by atoms with E-state index in [9.17, 15) is 5.11 Å². The minimum atomic E-state index is -0.0437. The van der Waals surface area contributed by atoms with E-state index in [1.165, 1.54) is 25.7 Å². The molecular weight excluding hydrogens is 220 g/mol. The van der Waals surface area contributed by atoms with Crippen LogP contribution in [-0.2, 0) is 0 Å². The van der Waals surface area contributed by atoms with Crippen molar-refractivity contribution >= 4 is 0 Å². The van der Waals surface area contributed by atoms with Crippen molar-refractivity contribution in [3.05, 3.63) is 0 Å². The highest BCUT2D eigenvalue weighted by molar-refractivity contribution is 4.92. The fourth-order valence-corrected chi connectivity index (χ4v) is 3.66. The van der Waals surface area contributed by atoms with Gasteiger partial charge in [0.15, 0.2) is 0 Å². The van der Waals surface area contributed by atoms with Gasteiger partial charge in [-0.2, -0.15) is 0 Å². The fraction of sp³-hybridized carbons (Fsp3) is 1.00. The Labute approximate surface area is 114 Å². The van der Waals surface area contributed by atoms with Gasteiger partial charge in [0.25, 0.3) is 0 Å². The molecule has 0 aromatic heterocycles. The first kappa shape index (κ1) is 16.0. The zero-order valence-electron chi connectivity index (χ0n) is 13.4. The minimum absolute atomic E-state index is 0.0437. The SMILES string of the molecule is CC[C@@H]1C[C@H](O)CC[C@]1(C)C(C)CCC(C)(C)C. The van der Waals surface area contributed by atoms with Gasteiger partial charge in [0.2, 0.25) is 0 Å². The number of aliphatic hydroxyl groups excluding tert-OH is 1. The Hall–Kier alpha value is -0.0400. The van der Waals surface area contributed by atoms with Crippen molar-refractivity contribution in [2.45, 2.75) is 86.2 Å². The smallest absolute Gasteiger partial charge is 0.0543 e. The number of rotatable bonds is 4. The maximum Gasteiger partial charge on any atom is 0.0543 e. The molecule has 4 atom stereocenters. The molecule has 1 aliphatic carbocycles. The highest BCUT2D eigenvalue weighted by atomic mass is 16.3. The van der Waals surface area contributed by atoms with Gasteiger partial charge in [-0.25, -0.2) is 0 Å². The minimum Gasteiger partial charge on any atom is -0.393 e. The third-order valence-corrected chi connectivity index (χ3v) is 5.45. The van der Waals surface area contributed by atoms with E-state index >= 15 is 0 Å². The van der Waals surface area contributed by atoms with Crippen LogP contribution in [0.5, 0.6) is 0 Å². The van der Waals surface area contributed by atoms with E-state index in [1.54, 1.807) is 0 Å². The van der Waals surface area contributed by atoms with Crippen LogP contribution in [0, 0.1) is 22.7 Å². The lowest BCUT2D eigenvalue weighted by molar-refractivity contribution is -0.0206. The molecule has 0 bridgehead atoms. The molecule has 1 saturated carbocycles. The molecule has 0 heterocycles. The Bertz CT molecular complexity index is 253. The Morgan fingerprint density at radius 1 is 1.33 bits per heavy atom. The first-order valence-corrected chi connectivity index (χ1v) is 7.87. The molecule has 0 saturated heterocycles. The quantitative estimate of drug-likeness (QED) is 0.746. The predicted molar refractivity (Wildman–Crippen MR) is 79.6 cm³/mol. The first-order chi connectivity index (χ1) is 8.19. The molecule has 0 radical (unpaired) electrons. The van der Waals surface area contributed by atoms with Crippen LogP contribution >= 0.6 is 0 Å².